The maximum absolute atomic E-state index is 5.79. The van der Waals surface area contributed by atoms with Crippen LogP contribution in [0.15, 0.2) is 29.3 Å². The van der Waals surface area contributed by atoms with Crippen LogP contribution in [0.2, 0.25) is 0 Å². The second-order valence-electron chi connectivity index (χ2n) is 6.37. The lowest BCUT2D eigenvalue weighted by atomic mass is 9.87. The van der Waals surface area contributed by atoms with Gasteiger partial charge in [0, 0.05) is 19.8 Å². The number of aliphatic imine (C=N–C) groups is 1. The van der Waals surface area contributed by atoms with Gasteiger partial charge in [-0.3, -0.25) is 4.99 Å². The molecule has 0 aliphatic carbocycles. The van der Waals surface area contributed by atoms with E-state index in [4.69, 9.17) is 15.2 Å². The van der Waals surface area contributed by atoms with Crippen molar-refractivity contribution in [2.75, 3.05) is 32.9 Å². The Morgan fingerprint density at radius 2 is 2.00 bits per heavy atom. The van der Waals surface area contributed by atoms with Gasteiger partial charge in [-0.05, 0) is 36.5 Å². The molecule has 0 aromatic heterocycles. The number of nitrogens with zero attached hydrogens (tertiary/aromatic N) is 1. The van der Waals surface area contributed by atoms with Crippen molar-refractivity contribution in [2.24, 2.45) is 10.7 Å². The predicted molar refractivity (Wildman–Crippen MR) is 112 cm³/mol. The summed E-state index contributed by atoms with van der Waals surface area (Å²) in [6, 6.07) is 8.21. The summed E-state index contributed by atoms with van der Waals surface area (Å²) in [7, 11) is 0. The normalized spacial score (nSPS) is 11.8. The molecular weight excluding hydrogens is 417 g/mol. The molecule has 1 aromatic carbocycles. The number of rotatable bonds is 9. The zero-order valence-electron chi connectivity index (χ0n) is 15.3. The summed E-state index contributed by atoms with van der Waals surface area (Å²) in [5.41, 5.74) is 7.18. The van der Waals surface area contributed by atoms with E-state index < -0.39 is 0 Å². The van der Waals surface area contributed by atoms with Gasteiger partial charge < -0.3 is 20.5 Å². The first-order valence-corrected chi connectivity index (χ1v) is 8.28. The van der Waals surface area contributed by atoms with Crippen molar-refractivity contribution in [3.05, 3.63) is 29.8 Å². The zero-order chi connectivity index (χ0) is 17.1. The van der Waals surface area contributed by atoms with Crippen LogP contribution in [0.4, 0.5) is 0 Å². The maximum atomic E-state index is 5.79. The molecule has 0 radical (unpaired) electrons. The van der Waals surface area contributed by atoms with Gasteiger partial charge in [-0.2, -0.15) is 0 Å². The summed E-state index contributed by atoms with van der Waals surface area (Å²) in [6.45, 7) is 11.9. The van der Waals surface area contributed by atoms with Crippen LogP contribution in [-0.4, -0.2) is 38.9 Å². The molecule has 0 fully saturated rings. The maximum Gasteiger partial charge on any atom is 0.188 e. The average Bonchev–Trinajstić information content (AvgIpc) is 2.51. The highest BCUT2D eigenvalue weighted by Crippen LogP contribution is 2.25. The summed E-state index contributed by atoms with van der Waals surface area (Å²) in [5.74, 6) is 1.33. The highest BCUT2D eigenvalue weighted by molar-refractivity contribution is 14.0. The second kappa shape index (κ2) is 12.4. The Morgan fingerprint density at radius 1 is 1.25 bits per heavy atom. The van der Waals surface area contributed by atoms with Gasteiger partial charge in [-0.1, -0.05) is 32.9 Å². The van der Waals surface area contributed by atoms with Gasteiger partial charge in [0.05, 0.1) is 6.54 Å². The minimum Gasteiger partial charge on any atom is -0.492 e. The molecule has 0 aliphatic rings. The van der Waals surface area contributed by atoms with Crippen molar-refractivity contribution in [1.29, 1.82) is 0 Å². The van der Waals surface area contributed by atoms with Crippen molar-refractivity contribution in [2.45, 2.75) is 39.5 Å². The minimum absolute atomic E-state index is 0. The molecule has 0 heterocycles. The standard InChI is InChI=1S/C18H31N3O2.HI/c1-5-22-12-7-10-20-17(19)21-11-13-23-16-9-6-8-15(14-16)18(2,3)4;/h6,8-9,14H,5,7,10-13H2,1-4H3,(H3,19,20,21);1H. The van der Waals surface area contributed by atoms with Gasteiger partial charge in [-0.25, -0.2) is 0 Å². The number of guanidine groups is 1. The molecular formula is C18H32IN3O2. The lowest BCUT2D eigenvalue weighted by molar-refractivity contribution is 0.146. The van der Waals surface area contributed by atoms with E-state index in [2.05, 4.69) is 43.2 Å². The van der Waals surface area contributed by atoms with Gasteiger partial charge in [0.15, 0.2) is 5.96 Å². The first-order chi connectivity index (χ1) is 10.9. The SMILES string of the molecule is CCOCCCN=C(N)NCCOc1cccc(C(C)(C)C)c1.I. The first-order valence-electron chi connectivity index (χ1n) is 8.28. The molecule has 0 saturated carbocycles. The van der Waals surface area contributed by atoms with Crippen molar-refractivity contribution in [3.63, 3.8) is 0 Å². The quantitative estimate of drug-likeness (QED) is 0.263. The highest BCUT2D eigenvalue weighted by atomic mass is 127. The van der Waals surface area contributed by atoms with Gasteiger partial charge in [0.25, 0.3) is 0 Å². The van der Waals surface area contributed by atoms with Gasteiger partial charge in [-0.15, -0.1) is 24.0 Å². The molecule has 0 spiro atoms. The lowest BCUT2D eigenvalue weighted by Gasteiger charge is -2.19. The number of hydrogen-bond acceptors (Lipinski definition) is 3. The molecule has 1 rings (SSSR count). The molecule has 0 unspecified atom stereocenters. The largest absolute Gasteiger partial charge is 0.492 e. The Balaban J connectivity index is 0.00000529. The fourth-order valence-electron chi connectivity index (χ4n) is 1.97. The smallest absolute Gasteiger partial charge is 0.188 e. The third-order valence-electron chi connectivity index (χ3n) is 3.31. The summed E-state index contributed by atoms with van der Waals surface area (Å²) in [5, 5.41) is 3.05. The molecule has 0 atom stereocenters. The molecule has 138 valence electrons. The van der Waals surface area contributed by atoms with Gasteiger partial charge in [0.1, 0.15) is 12.4 Å². The fourth-order valence-corrected chi connectivity index (χ4v) is 1.97. The number of nitrogens with two attached hydrogens (primary N) is 1. The number of ether oxygens (including phenoxy) is 2. The topological polar surface area (TPSA) is 68.9 Å². The van der Waals surface area contributed by atoms with E-state index in [0.717, 1.165) is 25.4 Å². The van der Waals surface area contributed by atoms with E-state index in [-0.39, 0.29) is 29.4 Å². The summed E-state index contributed by atoms with van der Waals surface area (Å²) in [4.78, 5) is 4.23. The minimum atomic E-state index is 0. The Bertz CT molecular complexity index is 487. The number of nitrogens with one attached hydrogen (secondary N) is 1. The van der Waals surface area contributed by atoms with Crippen LogP contribution in [0.25, 0.3) is 0 Å². The van der Waals surface area contributed by atoms with E-state index in [9.17, 15) is 0 Å². The molecule has 0 bridgehead atoms. The van der Waals surface area contributed by atoms with Crippen LogP contribution in [0.3, 0.4) is 0 Å². The van der Waals surface area contributed by atoms with Crippen molar-refractivity contribution in [3.8, 4) is 5.75 Å². The first kappa shape index (κ1) is 23.0. The van der Waals surface area contributed by atoms with Crippen LogP contribution in [0.5, 0.6) is 5.75 Å². The third-order valence-corrected chi connectivity index (χ3v) is 3.31. The van der Waals surface area contributed by atoms with E-state index in [1.807, 2.05) is 19.1 Å². The van der Waals surface area contributed by atoms with E-state index in [0.29, 0.717) is 25.7 Å². The number of benzene rings is 1. The molecule has 0 aliphatic heterocycles. The molecule has 24 heavy (non-hydrogen) atoms. The zero-order valence-corrected chi connectivity index (χ0v) is 17.6. The second-order valence-corrected chi connectivity index (χ2v) is 6.37. The molecule has 1 aromatic rings. The van der Waals surface area contributed by atoms with Crippen LogP contribution in [0, 0.1) is 0 Å². The summed E-state index contributed by atoms with van der Waals surface area (Å²) in [6.07, 6.45) is 0.881. The molecule has 0 saturated heterocycles. The highest BCUT2D eigenvalue weighted by Gasteiger charge is 2.13. The predicted octanol–water partition coefficient (Wildman–Crippen LogP) is 3.31. The van der Waals surface area contributed by atoms with Gasteiger partial charge >= 0.3 is 0 Å². The van der Waals surface area contributed by atoms with Crippen LogP contribution in [-0.2, 0) is 10.2 Å². The Kier molecular flexibility index (Phi) is 11.8. The van der Waals surface area contributed by atoms with Crippen molar-refractivity contribution >= 4 is 29.9 Å². The number of hydrogen-bond donors (Lipinski definition) is 2. The summed E-state index contributed by atoms with van der Waals surface area (Å²) >= 11 is 0. The van der Waals surface area contributed by atoms with E-state index in [1.165, 1.54) is 5.56 Å². The van der Waals surface area contributed by atoms with Crippen LogP contribution >= 0.6 is 24.0 Å². The van der Waals surface area contributed by atoms with E-state index in [1.54, 1.807) is 0 Å². The Hall–Kier alpha value is -1.02. The summed E-state index contributed by atoms with van der Waals surface area (Å²) < 4.78 is 11.0. The number of halogens is 1. The fraction of sp³-hybridized carbons (Fsp3) is 0.611. The van der Waals surface area contributed by atoms with Gasteiger partial charge in [0.2, 0.25) is 0 Å². The van der Waals surface area contributed by atoms with Crippen LogP contribution in [0.1, 0.15) is 39.7 Å². The van der Waals surface area contributed by atoms with E-state index >= 15 is 0 Å². The Labute approximate surface area is 163 Å². The third kappa shape index (κ3) is 9.97. The van der Waals surface area contributed by atoms with Crippen LogP contribution < -0.4 is 15.8 Å². The van der Waals surface area contributed by atoms with Crippen molar-refractivity contribution in [1.82, 2.24) is 5.32 Å². The molecule has 5 nitrogen and oxygen atoms in total. The van der Waals surface area contributed by atoms with Crippen molar-refractivity contribution < 1.29 is 9.47 Å². The molecule has 3 N–H and O–H groups in total. The average molecular weight is 449 g/mol. The monoisotopic (exact) mass is 449 g/mol. The molecule has 0 amide bonds. The lowest BCUT2D eigenvalue weighted by Crippen LogP contribution is -2.34. The molecule has 6 heteroatoms. The Morgan fingerprint density at radius 3 is 2.67 bits per heavy atom.